The molecule has 0 radical (unpaired) electrons. The summed E-state index contributed by atoms with van der Waals surface area (Å²) in [6.45, 7) is 22.1. The fourth-order valence-corrected chi connectivity index (χ4v) is 11.6. The summed E-state index contributed by atoms with van der Waals surface area (Å²) in [6, 6.07) is -0.183. The van der Waals surface area contributed by atoms with Crippen LogP contribution in [0.15, 0.2) is 34.8 Å². The molecule has 0 N–H and O–H groups in total. The van der Waals surface area contributed by atoms with E-state index in [9.17, 15) is 13.2 Å². The summed E-state index contributed by atoms with van der Waals surface area (Å²) < 4.78 is 34.4. The Morgan fingerprint density at radius 2 is 1.98 bits per heavy atom. The van der Waals surface area contributed by atoms with E-state index >= 15 is 0 Å². The SMILES string of the molecule is C/C(=C/C[C@H](O[Si](C)(C)C(C)(C)C)/C(C)=C/c1csc(C)n1)CC/C=C/C(=O)N1[C@H]2C[C@@H]3CC[C@@]2(CS1(=O)=O)C3(C)C. The number of sulfonamides is 1. The first-order chi connectivity index (χ1) is 19.3. The largest absolute Gasteiger partial charge is 0.410 e. The number of rotatable bonds is 10. The van der Waals surface area contributed by atoms with Crippen LogP contribution in [0.2, 0.25) is 18.1 Å². The number of aryl methyl sites for hydroxylation is 1. The van der Waals surface area contributed by atoms with E-state index in [-0.39, 0.29) is 39.7 Å². The van der Waals surface area contributed by atoms with Gasteiger partial charge >= 0.3 is 0 Å². The molecule has 9 heteroatoms. The van der Waals surface area contributed by atoms with Crippen LogP contribution in [0.5, 0.6) is 0 Å². The van der Waals surface area contributed by atoms with Crippen molar-refractivity contribution in [1.82, 2.24) is 9.29 Å². The first-order valence-corrected chi connectivity index (χ1v) is 20.9. The van der Waals surface area contributed by atoms with Crippen LogP contribution in [0, 0.1) is 23.7 Å². The minimum absolute atomic E-state index is 0.0290. The minimum atomic E-state index is -3.59. The molecule has 0 aromatic carbocycles. The van der Waals surface area contributed by atoms with Crippen molar-refractivity contribution in [3.05, 3.63) is 45.5 Å². The van der Waals surface area contributed by atoms with E-state index in [0.717, 1.165) is 42.8 Å². The van der Waals surface area contributed by atoms with Gasteiger partial charge in [0.05, 0.1) is 28.6 Å². The van der Waals surface area contributed by atoms with E-state index in [1.54, 1.807) is 11.3 Å². The number of fused-ring (bicyclic) bond motifs is 1. The third-order valence-electron chi connectivity index (χ3n) is 11.0. The van der Waals surface area contributed by atoms with Gasteiger partial charge in [-0.15, -0.1) is 11.3 Å². The van der Waals surface area contributed by atoms with Crippen LogP contribution in [0.3, 0.4) is 0 Å². The summed E-state index contributed by atoms with van der Waals surface area (Å²) in [7, 11) is -5.58. The zero-order chi connectivity index (χ0) is 31.3. The summed E-state index contributed by atoms with van der Waals surface area (Å²) in [6.07, 6.45) is 12.8. The van der Waals surface area contributed by atoms with Gasteiger partial charge in [0.25, 0.3) is 5.91 Å². The van der Waals surface area contributed by atoms with Crippen LogP contribution in [0.4, 0.5) is 0 Å². The molecule has 1 aromatic rings. The van der Waals surface area contributed by atoms with Gasteiger partial charge in [0.15, 0.2) is 8.32 Å². The minimum Gasteiger partial charge on any atom is -0.410 e. The number of thiazole rings is 1. The van der Waals surface area contributed by atoms with E-state index in [1.165, 1.54) is 21.5 Å². The van der Waals surface area contributed by atoms with Gasteiger partial charge in [-0.1, -0.05) is 52.3 Å². The highest BCUT2D eigenvalue weighted by Gasteiger charge is 2.72. The van der Waals surface area contributed by atoms with E-state index in [0.29, 0.717) is 12.3 Å². The number of amides is 1. The van der Waals surface area contributed by atoms with E-state index in [2.05, 4.69) is 84.1 Å². The van der Waals surface area contributed by atoms with Gasteiger partial charge in [-0.2, -0.15) is 0 Å². The Kier molecular flexibility index (Phi) is 9.33. The Morgan fingerprint density at radius 3 is 2.57 bits per heavy atom. The Hall–Kier alpha value is -1.55. The number of aromatic nitrogens is 1. The second kappa shape index (κ2) is 11.7. The Morgan fingerprint density at radius 1 is 1.29 bits per heavy atom. The maximum absolute atomic E-state index is 13.2. The molecule has 42 heavy (non-hydrogen) atoms. The van der Waals surface area contributed by atoms with E-state index in [4.69, 9.17) is 4.43 Å². The molecule has 3 aliphatic rings. The lowest BCUT2D eigenvalue weighted by molar-refractivity contribution is -0.124. The molecular formula is C33H52N2O4S2Si. The lowest BCUT2D eigenvalue weighted by Gasteiger charge is -2.39. The predicted molar refractivity (Wildman–Crippen MR) is 177 cm³/mol. The molecule has 1 aliphatic heterocycles. The van der Waals surface area contributed by atoms with E-state index < -0.39 is 18.3 Å². The quantitative estimate of drug-likeness (QED) is 0.147. The summed E-state index contributed by atoms with van der Waals surface area (Å²) in [5.74, 6) is 0.241. The average molecular weight is 633 g/mol. The molecule has 2 bridgehead atoms. The second-order valence-corrected chi connectivity index (χ2v) is 22.7. The first-order valence-electron chi connectivity index (χ1n) is 15.5. The molecular weight excluding hydrogens is 581 g/mol. The van der Waals surface area contributed by atoms with Crippen molar-refractivity contribution in [3.8, 4) is 0 Å². The van der Waals surface area contributed by atoms with Crippen LogP contribution in [0.1, 0.15) is 97.7 Å². The number of allylic oxidation sites excluding steroid dienone is 2. The zero-order valence-electron chi connectivity index (χ0n) is 27.4. The van der Waals surface area contributed by atoms with Crippen LogP contribution in [-0.4, -0.2) is 49.8 Å². The lowest BCUT2D eigenvalue weighted by Crippen LogP contribution is -2.44. The average Bonchev–Trinajstić information content (AvgIpc) is 3.51. The summed E-state index contributed by atoms with van der Waals surface area (Å²) >= 11 is 1.66. The van der Waals surface area contributed by atoms with Gasteiger partial charge < -0.3 is 4.43 Å². The van der Waals surface area contributed by atoms with Crippen LogP contribution >= 0.6 is 11.3 Å². The number of hydrogen-bond acceptors (Lipinski definition) is 6. The highest BCUT2D eigenvalue weighted by Crippen LogP contribution is 2.70. The molecule has 1 spiro atoms. The smallest absolute Gasteiger partial charge is 0.259 e. The third kappa shape index (κ3) is 6.31. The maximum Gasteiger partial charge on any atom is 0.259 e. The zero-order valence-corrected chi connectivity index (χ0v) is 30.0. The Bertz CT molecular complexity index is 1380. The number of carbonyl (C=O) groups excluding carboxylic acids is 1. The van der Waals surface area contributed by atoms with Crippen molar-refractivity contribution in [3.63, 3.8) is 0 Å². The van der Waals surface area contributed by atoms with Crippen molar-refractivity contribution >= 4 is 41.7 Å². The Labute approximate surface area is 259 Å². The molecule has 1 amide bonds. The standard InChI is InChI=1S/C33H52N2O4S2Si/c1-23(15-16-28(39-42(9,10)31(4,5)6)24(2)19-27-21-40-25(3)34-27)13-11-12-14-30(36)35-29-20-26-17-18-33(29,32(26,7)8)22-41(35,37)38/h12,14-15,19,21,26,28-29H,11,13,16-18,20,22H2,1-10H3/b14-12+,23-15-,24-19+/t26-,28-,29-,33-/m0/s1. The molecule has 2 saturated carbocycles. The molecule has 2 heterocycles. The van der Waals surface area contributed by atoms with Gasteiger partial charge in [0.1, 0.15) is 0 Å². The monoisotopic (exact) mass is 632 g/mol. The van der Waals surface area contributed by atoms with Crippen molar-refractivity contribution < 1.29 is 17.6 Å². The number of hydrogen-bond donors (Lipinski definition) is 0. The number of carbonyl (C=O) groups is 1. The number of nitrogens with zero attached hydrogens (tertiary/aromatic N) is 2. The highest BCUT2D eigenvalue weighted by atomic mass is 32.2. The van der Waals surface area contributed by atoms with Crippen molar-refractivity contribution in [2.45, 2.75) is 124 Å². The van der Waals surface area contributed by atoms with Crippen molar-refractivity contribution in [1.29, 1.82) is 0 Å². The molecule has 0 unspecified atom stereocenters. The third-order valence-corrected chi connectivity index (χ3v) is 18.2. The van der Waals surface area contributed by atoms with Crippen molar-refractivity contribution in [2.75, 3.05) is 5.75 Å². The molecule has 234 valence electrons. The summed E-state index contributed by atoms with van der Waals surface area (Å²) in [5, 5.41) is 3.25. The molecule has 4 atom stereocenters. The summed E-state index contributed by atoms with van der Waals surface area (Å²) in [4.78, 5) is 17.8. The van der Waals surface area contributed by atoms with E-state index in [1.807, 2.05) is 13.0 Å². The predicted octanol–water partition coefficient (Wildman–Crippen LogP) is 8.28. The Balaban J connectivity index is 1.39. The lowest BCUT2D eigenvalue weighted by atomic mass is 9.69. The van der Waals surface area contributed by atoms with Gasteiger partial charge in [0.2, 0.25) is 10.0 Å². The van der Waals surface area contributed by atoms with Crippen LogP contribution in [0.25, 0.3) is 6.08 Å². The second-order valence-electron chi connectivity index (χ2n) is 15.0. The normalized spacial score (nSPS) is 28.1. The maximum atomic E-state index is 13.2. The highest BCUT2D eigenvalue weighted by molar-refractivity contribution is 7.90. The first kappa shape index (κ1) is 33.3. The van der Waals surface area contributed by atoms with Crippen LogP contribution in [-0.2, 0) is 19.2 Å². The molecule has 6 nitrogen and oxygen atoms in total. The van der Waals surface area contributed by atoms with Gasteiger partial charge in [0, 0.05) is 16.9 Å². The fourth-order valence-electron chi connectivity index (χ4n) is 7.19. The molecule has 2 aliphatic carbocycles. The van der Waals surface area contributed by atoms with Gasteiger partial charge in [-0.3, -0.25) is 4.79 Å². The topological polar surface area (TPSA) is 76.6 Å². The van der Waals surface area contributed by atoms with Crippen LogP contribution < -0.4 is 0 Å². The van der Waals surface area contributed by atoms with Gasteiger partial charge in [-0.05, 0) is 100 Å². The fraction of sp³-hybridized carbons (Fsp3) is 0.697. The summed E-state index contributed by atoms with van der Waals surface area (Å²) in [5.41, 5.74) is 3.07. The molecule has 3 fully saturated rings. The molecule has 1 saturated heterocycles. The molecule has 4 rings (SSSR count). The van der Waals surface area contributed by atoms with Gasteiger partial charge in [-0.25, -0.2) is 17.7 Å². The van der Waals surface area contributed by atoms with Crippen molar-refractivity contribution in [2.24, 2.45) is 16.7 Å². The molecule has 1 aromatic heterocycles.